The molecule has 1 aromatic rings. The molecule has 0 fully saturated rings. The van der Waals surface area contributed by atoms with E-state index >= 15 is 0 Å². The molecule has 6 nitrogen and oxygen atoms in total. The van der Waals surface area contributed by atoms with Crippen LogP contribution >= 0.6 is 0 Å². The molecule has 1 aromatic carbocycles. The first-order valence-electron chi connectivity index (χ1n) is 4.59. The van der Waals surface area contributed by atoms with Crippen LogP contribution in [-0.4, -0.2) is 16.6 Å². The standard InChI is InChI=1S/C11H8N4O2/c1-11(6-12,7-13)15-14-9-4-2-8(3-5-9)10(16)17/h2-5H,1H3,(H,16,17). The number of benzene rings is 1. The number of hydrogen-bond donors (Lipinski definition) is 1. The SMILES string of the molecule is CC(C#N)(C#N)N=Nc1ccc(C(=O)O)cc1. The molecule has 17 heavy (non-hydrogen) atoms. The number of rotatable bonds is 3. The zero-order chi connectivity index (χ0) is 12.9. The molecule has 0 aliphatic rings. The molecule has 0 bridgehead atoms. The van der Waals surface area contributed by atoms with Crippen molar-refractivity contribution in [2.24, 2.45) is 10.2 Å². The maximum Gasteiger partial charge on any atom is 0.335 e. The van der Waals surface area contributed by atoms with Crippen molar-refractivity contribution < 1.29 is 9.90 Å². The van der Waals surface area contributed by atoms with Gasteiger partial charge in [-0.3, -0.25) is 0 Å². The normalized spacial score (nSPS) is 10.8. The van der Waals surface area contributed by atoms with Gasteiger partial charge in [-0.25, -0.2) is 4.79 Å². The Morgan fingerprint density at radius 2 is 1.82 bits per heavy atom. The molecular formula is C11H8N4O2. The van der Waals surface area contributed by atoms with E-state index in [0.717, 1.165) is 0 Å². The third-order valence-corrected chi connectivity index (χ3v) is 1.92. The lowest BCUT2D eigenvalue weighted by Gasteiger charge is -2.02. The van der Waals surface area contributed by atoms with E-state index in [4.69, 9.17) is 15.6 Å². The number of carboxylic acids is 1. The molecule has 0 saturated carbocycles. The number of carboxylic acid groups (broad SMARTS) is 1. The molecule has 0 aliphatic heterocycles. The molecule has 1 N–H and O–H groups in total. The second kappa shape index (κ2) is 4.86. The Balaban J connectivity index is 2.91. The van der Waals surface area contributed by atoms with Crippen molar-refractivity contribution in [1.82, 2.24) is 0 Å². The summed E-state index contributed by atoms with van der Waals surface area (Å²) < 4.78 is 0. The Morgan fingerprint density at radius 1 is 1.29 bits per heavy atom. The maximum absolute atomic E-state index is 10.6. The minimum Gasteiger partial charge on any atom is -0.478 e. The molecular weight excluding hydrogens is 220 g/mol. The van der Waals surface area contributed by atoms with Gasteiger partial charge in [0.05, 0.1) is 11.3 Å². The number of nitrogens with zero attached hydrogens (tertiary/aromatic N) is 4. The zero-order valence-electron chi connectivity index (χ0n) is 8.95. The van der Waals surface area contributed by atoms with E-state index in [-0.39, 0.29) is 5.56 Å². The van der Waals surface area contributed by atoms with Crippen molar-refractivity contribution in [2.45, 2.75) is 12.5 Å². The Labute approximate surface area is 97.4 Å². The van der Waals surface area contributed by atoms with Crippen molar-refractivity contribution in [3.05, 3.63) is 29.8 Å². The highest BCUT2D eigenvalue weighted by molar-refractivity contribution is 5.87. The van der Waals surface area contributed by atoms with Gasteiger partial charge >= 0.3 is 5.97 Å². The molecule has 6 heteroatoms. The zero-order valence-corrected chi connectivity index (χ0v) is 8.95. The summed E-state index contributed by atoms with van der Waals surface area (Å²) in [6.07, 6.45) is 0. The van der Waals surface area contributed by atoms with Crippen LogP contribution in [0.15, 0.2) is 34.5 Å². The van der Waals surface area contributed by atoms with Crippen LogP contribution in [0.25, 0.3) is 0 Å². The number of aromatic carboxylic acids is 1. The molecule has 0 spiro atoms. The molecule has 84 valence electrons. The summed E-state index contributed by atoms with van der Waals surface area (Å²) in [6, 6.07) is 9.05. The molecule has 0 saturated heterocycles. The van der Waals surface area contributed by atoms with Crippen LogP contribution < -0.4 is 0 Å². The summed E-state index contributed by atoms with van der Waals surface area (Å²) in [4.78, 5) is 10.6. The van der Waals surface area contributed by atoms with Gasteiger partial charge in [0, 0.05) is 0 Å². The van der Waals surface area contributed by atoms with Crippen molar-refractivity contribution >= 4 is 11.7 Å². The lowest BCUT2D eigenvalue weighted by Crippen LogP contribution is -2.14. The number of carbonyl (C=O) groups is 1. The maximum atomic E-state index is 10.6. The van der Waals surface area contributed by atoms with Crippen LogP contribution in [0.4, 0.5) is 5.69 Å². The fourth-order valence-electron chi connectivity index (χ4n) is 0.898. The number of nitriles is 2. The van der Waals surface area contributed by atoms with E-state index in [2.05, 4.69) is 10.2 Å². The summed E-state index contributed by atoms with van der Waals surface area (Å²) in [5.74, 6) is -1.03. The van der Waals surface area contributed by atoms with Crippen LogP contribution in [-0.2, 0) is 0 Å². The molecule has 0 heterocycles. The van der Waals surface area contributed by atoms with Gasteiger partial charge < -0.3 is 5.11 Å². The molecule has 0 aliphatic carbocycles. The van der Waals surface area contributed by atoms with Gasteiger partial charge in [-0.1, -0.05) is 0 Å². The van der Waals surface area contributed by atoms with Gasteiger partial charge in [0.15, 0.2) is 0 Å². The largest absolute Gasteiger partial charge is 0.478 e. The van der Waals surface area contributed by atoms with Gasteiger partial charge in [-0.15, -0.1) is 0 Å². The van der Waals surface area contributed by atoms with E-state index in [1.165, 1.54) is 31.2 Å². The van der Waals surface area contributed by atoms with E-state index < -0.39 is 11.5 Å². The quantitative estimate of drug-likeness (QED) is 0.800. The van der Waals surface area contributed by atoms with Crippen molar-refractivity contribution in [2.75, 3.05) is 0 Å². The van der Waals surface area contributed by atoms with Gasteiger partial charge in [0.25, 0.3) is 0 Å². The first-order valence-corrected chi connectivity index (χ1v) is 4.59. The van der Waals surface area contributed by atoms with Crippen LogP contribution in [0.3, 0.4) is 0 Å². The van der Waals surface area contributed by atoms with Crippen molar-refractivity contribution in [3.8, 4) is 12.1 Å². The van der Waals surface area contributed by atoms with Gasteiger partial charge in [-0.05, 0) is 31.2 Å². The van der Waals surface area contributed by atoms with E-state index in [1.807, 2.05) is 0 Å². The average Bonchev–Trinajstić information content (AvgIpc) is 2.36. The minimum atomic E-state index is -1.52. The van der Waals surface area contributed by atoms with E-state index in [1.54, 1.807) is 12.1 Å². The van der Waals surface area contributed by atoms with Crippen LogP contribution in [0, 0.1) is 22.7 Å². The lowest BCUT2D eigenvalue weighted by atomic mass is 10.1. The van der Waals surface area contributed by atoms with E-state index in [0.29, 0.717) is 5.69 Å². The Kier molecular flexibility index (Phi) is 3.53. The summed E-state index contributed by atoms with van der Waals surface area (Å²) in [6.45, 7) is 1.34. The predicted molar refractivity (Wildman–Crippen MR) is 57.5 cm³/mol. The first-order chi connectivity index (χ1) is 8.00. The molecule has 1 rings (SSSR count). The second-order valence-corrected chi connectivity index (χ2v) is 3.35. The Bertz CT molecular complexity index is 520. The van der Waals surface area contributed by atoms with Gasteiger partial charge in [0.1, 0.15) is 12.1 Å². The summed E-state index contributed by atoms with van der Waals surface area (Å²) in [5, 5.41) is 33.3. The topological polar surface area (TPSA) is 110 Å². The third kappa shape index (κ3) is 3.11. The average molecular weight is 228 g/mol. The highest BCUT2D eigenvalue weighted by atomic mass is 16.4. The minimum absolute atomic E-state index is 0.132. The Morgan fingerprint density at radius 3 is 2.24 bits per heavy atom. The summed E-state index contributed by atoms with van der Waals surface area (Å²) >= 11 is 0. The monoisotopic (exact) mass is 228 g/mol. The number of hydrogen-bond acceptors (Lipinski definition) is 5. The first kappa shape index (κ1) is 12.3. The molecule has 0 aromatic heterocycles. The summed E-state index contributed by atoms with van der Waals surface area (Å²) in [5.41, 5.74) is -1.01. The predicted octanol–water partition coefficient (Wildman–Crippen LogP) is 2.27. The fourth-order valence-corrected chi connectivity index (χ4v) is 0.898. The van der Waals surface area contributed by atoms with Crippen LogP contribution in [0.1, 0.15) is 17.3 Å². The second-order valence-electron chi connectivity index (χ2n) is 3.35. The molecule has 0 atom stereocenters. The summed E-state index contributed by atoms with van der Waals surface area (Å²) in [7, 11) is 0. The molecule has 0 radical (unpaired) electrons. The van der Waals surface area contributed by atoms with Crippen LogP contribution in [0.2, 0.25) is 0 Å². The third-order valence-electron chi connectivity index (χ3n) is 1.92. The van der Waals surface area contributed by atoms with Gasteiger partial charge in [-0.2, -0.15) is 20.8 Å². The molecule has 0 unspecified atom stereocenters. The van der Waals surface area contributed by atoms with Gasteiger partial charge in [0.2, 0.25) is 5.54 Å². The Hall–Kier alpha value is -2.73. The van der Waals surface area contributed by atoms with Crippen molar-refractivity contribution in [3.63, 3.8) is 0 Å². The molecule has 0 amide bonds. The fraction of sp³-hybridized carbons (Fsp3) is 0.182. The number of azo groups is 1. The lowest BCUT2D eigenvalue weighted by molar-refractivity contribution is 0.0697. The highest BCUT2D eigenvalue weighted by Crippen LogP contribution is 2.17. The van der Waals surface area contributed by atoms with E-state index in [9.17, 15) is 4.79 Å². The van der Waals surface area contributed by atoms with Crippen LogP contribution in [0.5, 0.6) is 0 Å². The smallest absolute Gasteiger partial charge is 0.335 e. The van der Waals surface area contributed by atoms with Crippen molar-refractivity contribution in [1.29, 1.82) is 10.5 Å². The highest BCUT2D eigenvalue weighted by Gasteiger charge is 2.21.